The molecule has 2 rings (SSSR count). The molecule has 78 valence electrons. The van der Waals surface area contributed by atoms with Crippen LogP contribution in [-0.2, 0) is 16.4 Å². The maximum Gasteiger partial charge on any atom is 0.157 e. The summed E-state index contributed by atoms with van der Waals surface area (Å²) in [4.78, 5) is 0. The Bertz CT molecular complexity index is 382. The number of rotatable bonds is 3. The second-order valence-electron chi connectivity index (χ2n) is 3.68. The SMILES string of the molecule is O=S1(=O)CC[C@@H]([NH2+]Cc2ccco2)C1. The zero-order chi connectivity index (χ0) is 10.0. The molecule has 0 radical (unpaired) electrons. The molecule has 0 spiro atoms. The fourth-order valence-corrected chi connectivity index (χ4v) is 3.50. The summed E-state index contributed by atoms with van der Waals surface area (Å²) < 4.78 is 27.5. The Labute approximate surface area is 83.2 Å². The zero-order valence-corrected chi connectivity index (χ0v) is 8.66. The van der Waals surface area contributed by atoms with Crippen LogP contribution >= 0.6 is 0 Å². The van der Waals surface area contributed by atoms with E-state index in [-0.39, 0.29) is 6.04 Å². The highest BCUT2D eigenvalue weighted by Gasteiger charge is 2.30. The molecule has 2 heterocycles. The van der Waals surface area contributed by atoms with E-state index in [1.165, 1.54) is 0 Å². The third-order valence-corrected chi connectivity index (χ3v) is 4.29. The van der Waals surface area contributed by atoms with E-state index >= 15 is 0 Å². The van der Waals surface area contributed by atoms with Crippen LogP contribution in [0.1, 0.15) is 12.2 Å². The molecule has 1 atom stereocenters. The van der Waals surface area contributed by atoms with E-state index < -0.39 is 9.84 Å². The molecule has 5 heteroatoms. The molecule has 1 aliphatic rings. The Hall–Kier alpha value is -0.810. The average molecular weight is 216 g/mol. The molecule has 1 saturated heterocycles. The first-order valence-electron chi connectivity index (χ1n) is 4.72. The van der Waals surface area contributed by atoms with Gasteiger partial charge in [-0.15, -0.1) is 0 Å². The van der Waals surface area contributed by atoms with Gasteiger partial charge in [-0.1, -0.05) is 0 Å². The highest BCUT2D eigenvalue weighted by atomic mass is 32.2. The van der Waals surface area contributed by atoms with Crippen molar-refractivity contribution in [2.45, 2.75) is 19.0 Å². The molecular formula is C9H14NO3S+. The normalized spacial score (nSPS) is 25.3. The van der Waals surface area contributed by atoms with Crippen molar-refractivity contribution < 1.29 is 18.2 Å². The number of hydrogen-bond donors (Lipinski definition) is 1. The van der Waals surface area contributed by atoms with Crippen LogP contribution in [-0.4, -0.2) is 26.0 Å². The summed E-state index contributed by atoms with van der Waals surface area (Å²) in [6, 6.07) is 3.96. The fourth-order valence-electron chi connectivity index (χ4n) is 1.72. The number of nitrogens with two attached hydrogens (primary N) is 1. The van der Waals surface area contributed by atoms with Crippen molar-refractivity contribution in [1.82, 2.24) is 0 Å². The van der Waals surface area contributed by atoms with Crippen LogP contribution in [0.2, 0.25) is 0 Å². The van der Waals surface area contributed by atoms with E-state index in [9.17, 15) is 8.42 Å². The summed E-state index contributed by atoms with van der Waals surface area (Å²) in [5.41, 5.74) is 0. The standard InChI is InChI=1S/C9H13NO3S/c11-14(12)5-3-8(7-14)10-6-9-2-1-4-13-9/h1-2,4,8,10H,3,5-7H2/p+1/t8-/m1/s1. The summed E-state index contributed by atoms with van der Waals surface area (Å²) in [6.07, 6.45) is 2.40. The van der Waals surface area contributed by atoms with Gasteiger partial charge in [0, 0.05) is 6.42 Å². The summed E-state index contributed by atoms with van der Waals surface area (Å²) in [5, 5.41) is 2.05. The molecule has 1 aliphatic heterocycles. The van der Waals surface area contributed by atoms with E-state index in [4.69, 9.17) is 4.42 Å². The number of quaternary nitrogens is 1. The van der Waals surface area contributed by atoms with Gasteiger partial charge in [0.05, 0.1) is 12.0 Å². The van der Waals surface area contributed by atoms with E-state index in [2.05, 4.69) is 0 Å². The molecule has 14 heavy (non-hydrogen) atoms. The van der Waals surface area contributed by atoms with Gasteiger partial charge in [-0.3, -0.25) is 0 Å². The Morgan fingerprint density at radius 3 is 3.00 bits per heavy atom. The summed E-state index contributed by atoms with van der Waals surface area (Å²) in [5.74, 6) is 1.55. The van der Waals surface area contributed by atoms with Gasteiger partial charge in [-0.2, -0.15) is 0 Å². The molecule has 1 fully saturated rings. The Balaban J connectivity index is 1.83. The van der Waals surface area contributed by atoms with Crippen molar-refractivity contribution in [3.05, 3.63) is 24.2 Å². The van der Waals surface area contributed by atoms with Gasteiger partial charge in [-0.25, -0.2) is 8.42 Å². The minimum atomic E-state index is -2.75. The fraction of sp³-hybridized carbons (Fsp3) is 0.556. The highest BCUT2D eigenvalue weighted by Crippen LogP contribution is 2.08. The molecule has 0 aromatic carbocycles. The molecular weight excluding hydrogens is 202 g/mol. The lowest BCUT2D eigenvalue weighted by atomic mass is 10.2. The lowest BCUT2D eigenvalue weighted by Crippen LogP contribution is -2.89. The molecule has 1 aromatic rings. The summed E-state index contributed by atoms with van der Waals surface area (Å²) in [6.45, 7) is 0.729. The van der Waals surface area contributed by atoms with E-state index in [1.54, 1.807) is 6.26 Å². The third kappa shape index (κ3) is 2.36. The monoisotopic (exact) mass is 216 g/mol. The molecule has 0 unspecified atom stereocenters. The van der Waals surface area contributed by atoms with Crippen molar-refractivity contribution in [3.63, 3.8) is 0 Å². The van der Waals surface area contributed by atoms with Crippen molar-refractivity contribution in [2.75, 3.05) is 11.5 Å². The molecule has 1 aromatic heterocycles. The first kappa shape index (κ1) is 9.73. The van der Waals surface area contributed by atoms with Gasteiger partial charge >= 0.3 is 0 Å². The first-order valence-corrected chi connectivity index (χ1v) is 6.54. The number of hydrogen-bond acceptors (Lipinski definition) is 3. The van der Waals surface area contributed by atoms with Crippen LogP contribution in [0, 0.1) is 0 Å². The second-order valence-corrected chi connectivity index (χ2v) is 5.91. The highest BCUT2D eigenvalue weighted by molar-refractivity contribution is 7.91. The summed E-state index contributed by atoms with van der Waals surface area (Å²) >= 11 is 0. The van der Waals surface area contributed by atoms with Crippen LogP contribution in [0.25, 0.3) is 0 Å². The average Bonchev–Trinajstić information content (AvgIpc) is 2.70. The maximum atomic E-state index is 11.2. The first-order chi connectivity index (χ1) is 6.66. The van der Waals surface area contributed by atoms with Crippen LogP contribution < -0.4 is 5.32 Å². The van der Waals surface area contributed by atoms with Crippen LogP contribution in [0.15, 0.2) is 22.8 Å². The molecule has 0 saturated carbocycles. The predicted molar refractivity (Wildman–Crippen MR) is 51.4 cm³/mol. The van der Waals surface area contributed by atoms with Gasteiger partial charge in [0.15, 0.2) is 15.6 Å². The molecule has 0 amide bonds. The summed E-state index contributed by atoms with van der Waals surface area (Å²) in [7, 11) is -2.75. The molecule has 0 aliphatic carbocycles. The Kier molecular flexibility index (Phi) is 2.60. The maximum absolute atomic E-state index is 11.2. The lowest BCUT2D eigenvalue weighted by Gasteiger charge is -2.04. The minimum Gasteiger partial charge on any atom is -0.463 e. The quantitative estimate of drug-likeness (QED) is 0.743. The molecule has 2 N–H and O–H groups in total. The topological polar surface area (TPSA) is 63.9 Å². The number of sulfone groups is 1. The molecule has 0 bridgehead atoms. The van der Waals surface area contributed by atoms with Crippen molar-refractivity contribution in [3.8, 4) is 0 Å². The van der Waals surface area contributed by atoms with Gasteiger partial charge in [0.25, 0.3) is 0 Å². The second kappa shape index (κ2) is 3.74. The minimum absolute atomic E-state index is 0.213. The molecule has 4 nitrogen and oxygen atoms in total. The van der Waals surface area contributed by atoms with E-state index in [0.29, 0.717) is 11.5 Å². The zero-order valence-electron chi connectivity index (χ0n) is 7.85. The lowest BCUT2D eigenvalue weighted by molar-refractivity contribution is -0.701. The number of furan rings is 1. The Morgan fingerprint density at radius 2 is 2.43 bits per heavy atom. The Morgan fingerprint density at radius 1 is 1.57 bits per heavy atom. The van der Waals surface area contributed by atoms with Crippen LogP contribution in [0.4, 0.5) is 0 Å². The predicted octanol–water partition coefficient (Wildman–Crippen LogP) is -0.470. The third-order valence-electron chi connectivity index (χ3n) is 2.50. The van der Waals surface area contributed by atoms with Gasteiger partial charge in [-0.05, 0) is 12.1 Å². The van der Waals surface area contributed by atoms with E-state index in [1.807, 2.05) is 17.4 Å². The van der Waals surface area contributed by atoms with Gasteiger partial charge in [0.2, 0.25) is 0 Å². The van der Waals surface area contributed by atoms with Gasteiger partial charge in [0.1, 0.15) is 18.3 Å². The van der Waals surface area contributed by atoms with Crippen molar-refractivity contribution in [2.24, 2.45) is 0 Å². The van der Waals surface area contributed by atoms with Gasteiger partial charge < -0.3 is 9.73 Å². The largest absolute Gasteiger partial charge is 0.463 e. The van der Waals surface area contributed by atoms with Crippen molar-refractivity contribution >= 4 is 9.84 Å². The van der Waals surface area contributed by atoms with Crippen molar-refractivity contribution in [1.29, 1.82) is 0 Å². The van der Waals surface area contributed by atoms with Crippen LogP contribution in [0.5, 0.6) is 0 Å². The van der Waals surface area contributed by atoms with Crippen LogP contribution in [0.3, 0.4) is 0 Å². The van der Waals surface area contributed by atoms with E-state index in [0.717, 1.165) is 18.7 Å². The smallest absolute Gasteiger partial charge is 0.157 e.